The molecule has 1 N–H and O–H groups in total. The minimum atomic E-state index is -0.123. The molecule has 0 bridgehead atoms. The summed E-state index contributed by atoms with van der Waals surface area (Å²) in [6, 6.07) is 17.0. The molecule has 0 saturated carbocycles. The lowest BCUT2D eigenvalue weighted by Gasteiger charge is -2.35. The van der Waals surface area contributed by atoms with Crippen LogP contribution in [0.4, 0.5) is 16.3 Å². The van der Waals surface area contributed by atoms with Crippen molar-refractivity contribution in [2.75, 3.05) is 43.5 Å². The van der Waals surface area contributed by atoms with Gasteiger partial charge in [-0.3, -0.25) is 0 Å². The number of hydrogen-bond acceptors (Lipinski definition) is 5. The molecule has 31 heavy (non-hydrogen) atoms. The Bertz CT molecular complexity index is 1070. The van der Waals surface area contributed by atoms with Crippen molar-refractivity contribution in [1.82, 2.24) is 15.1 Å². The first-order valence-corrected chi connectivity index (χ1v) is 10.5. The molecule has 0 unspecified atom stereocenters. The molecule has 0 radical (unpaired) electrons. The van der Waals surface area contributed by atoms with Crippen molar-refractivity contribution in [1.29, 1.82) is 0 Å². The molecule has 1 aliphatic heterocycles. The first-order valence-electron chi connectivity index (χ1n) is 10.1. The number of para-hydroxylation sites is 1. The van der Waals surface area contributed by atoms with Gasteiger partial charge in [0.05, 0.1) is 12.8 Å². The third-order valence-corrected chi connectivity index (χ3v) is 5.84. The molecule has 1 aromatic heterocycles. The van der Waals surface area contributed by atoms with Gasteiger partial charge in [-0.15, -0.1) is 10.2 Å². The number of carbonyl (C=O) groups excluding carboxylic acids is 1. The van der Waals surface area contributed by atoms with Gasteiger partial charge in [0, 0.05) is 42.5 Å². The van der Waals surface area contributed by atoms with Gasteiger partial charge in [0.15, 0.2) is 5.82 Å². The summed E-state index contributed by atoms with van der Waals surface area (Å²) in [6.07, 6.45) is 0. The molecule has 1 aliphatic rings. The summed E-state index contributed by atoms with van der Waals surface area (Å²) in [7, 11) is 1.64. The van der Waals surface area contributed by atoms with Crippen LogP contribution in [0.15, 0.2) is 54.6 Å². The topological polar surface area (TPSA) is 70.6 Å². The third kappa shape index (κ3) is 4.56. The lowest BCUT2D eigenvalue weighted by molar-refractivity contribution is 0.208. The lowest BCUT2D eigenvalue weighted by Crippen LogP contribution is -2.50. The fourth-order valence-electron chi connectivity index (χ4n) is 3.57. The van der Waals surface area contributed by atoms with E-state index < -0.39 is 0 Å². The van der Waals surface area contributed by atoms with Crippen molar-refractivity contribution in [2.45, 2.75) is 6.92 Å². The Morgan fingerprint density at radius 1 is 1.00 bits per heavy atom. The van der Waals surface area contributed by atoms with Gasteiger partial charge in [0.2, 0.25) is 0 Å². The molecular weight excluding hydrogens is 414 g/mol. The molecule has 2 heterocycles. The van der Waals surface area contributed by atoms with Crippen molar-refractivity contribution < 1.29 is 9.53 Å². The van der Waals surface area contributed by atoms with Crippen LogP contribution < -0.4 is 15.0 Å². The second-order valence-corrected chi connectivity index (χ2v) is 7.70. The van der Waals surface area contributed by atoms with E-state index in [4.69, 9.17) is 16.3 Å². The molecule has 4 rings (SSSR count). The summed E-state index contributed by atoms with van der Waals surface area (Å²) in [6.45, 7) is 4.46. The number of nitrogens with one attached hydrogen (secondary N) is 1. The van der Waals surface area contributed by atoms with Crippen LogP contribution in [0.1, 0.15) is 5.56 Å². The second kappa shape index (κ2) is 9.22. The molecule has 160 valence electrons. The zero-order valence-corrected chi connectivity index (χ0v) is 18.3. The SMILES string of the molecule is COc1ccccc1-c1ccc(N2CCN(C(=O)Nc3cccc(Cl)c3C)CC2)nn1. The summed E-state index contributed by atoms with van der Waals surface area (Å²) >= 11 is 6.15. The zero-order valence-electron chi connectivity index (χ0n) is 17.5. The van der Waals surface area contributed by atoms with Crippen LogP contribution in [0.5, 0.6) is 5.75 Å². The molecule has 2 amide bonds. The molecule has 1 fully saturated rings. The first kappa shape index (κ1) is 20.9. The average molecular weight is 438 g/mol. The predicted molar refractivity (Wildman–Crippen MR) is 123 cm³/mol. The minimum Gasteiger partial charge on any atom is -0.496 e. The Morgan fingerprint density at radius 3 is 2.48 bits per heavy atom. The number of ether oxygens (including phenoxy) is 1. The summed E-state index contributed by atoms with van der Waals surface area (Å²) in [5.41, 5.74) is 3.26. The van der Waals surface area contributed by atoms with Crippen molar-refractivity contribution in [2.24, 2.45) is 0 Å². The van der Waals surface area contributed by atoms with E-state index in [1.54, 1.807) is 12.0 Å². The van der Waals surface area contributed by atoms with Gasteiger partial charge in [0.25, 0.3) is 0 Å². The highest BCUT2D eigenvalue weighted by Crippen LogP contribution is 2.28. The monoisotopic (exact) mass is 437 g/mol. The van der Waals surface area contributed by atoms with Gasteiger partial charge in [-0.05, 0) is 48.9 Å². The number of benzene rings is 2. The van der Waals surface area contributed by atoms with Gasteiger partial charge in [-0.1, -0.05) is 29.8 Å². The highest BCUT2D eigenvalue weighted by atomic mass is 35.5. The number of carbonyl (C=O) groups is 1. The average Bonchev–Trinajstić information content (AvgIpc) is 2.82. The van der Waals surface area contributed by atoms with Crippen LogP contribution >= 0.6 is 11.6 Å². The summed E-state index contributed by atoms with van der Waals surface area (Å²) in [4.78, 5) is 16.6. The number of hydrogen-bond donors (Lipinski definition) is 1. The van der Waals surface area contributed by atoms with Crippen LogP contribution in [0.2, 0.25) is 5.02 Å². The third-order valence-electron chi connectivity index (χ3n) is 5.43. The van der Waals surface area contributed by atoms with E-state index in [0.29, 0.717) is 31.2 Å². The Balaban J connectivity index is 1.37. The summed E-state index contributed by atoms with van der Waals surface area (Å²) in [5.74, 6) is 1.56. The van der Waals surface area contributed by atoms with E-state index in [1.807, 2.05) is 61.5 Å². The minimum absolute atomic E-state index is 0.123. The summed E-state index contributed by atoms with van der Waals surface area (Å²) in [5, 5.41) is 12.4. The van der Waals surface area contributed by atoms with Gasteiger partial charge < -0.3 is 19.9 Å². The van der Waals surface area contributed by atoms with Crippen LogP contribution in [0, 0.1) is 6.92 Å². The Hall–Kier alpha value is -3.32. The second-order valence-electron chi connectivity index (χ2n) is 7.29. The quantitative estimate of drug-likeness (QED) is 0.652. The van der Waals surface area contributed by atoms with Crippen LogP contribution in [-0.4, -0.2) is 54.4 Å². The maximum atomic E-state index is 12.6. The van der Waals surface area contributed by atoms with Crippen LogP contribution in [0.25, 0.3) is 11.3 Å². The largest absolute Gasteiger partial charge is 0.496 e. The van der Waals surface area contributed by atoms with E-state index in [2.05, 4.69) is 20.4 Å². The van der Waals surface area contributed by atoms with Gasteiger partial charge in [-0.25, -0.2) is 4.79 Å². The zero-order chi connectivity index (χ0) is 21.8. The Labute approximate surface area is 186 Å². The molecule has 0 aliphatic carbocycles. The first-order chi connectivity index (χ1) is 15.1. The van der Waals surface area contributed by atoms with Crippen molar-refractivity contribution in [3.8, 4) is 17.0 Å². The number of urea groups is 1. The number of piperazine rings is 1. The molecule has 7 nitrogen and oxygen atoms in total. The standard InChI is InChI=1S/C23H24ClN5O2/c1-16-18(24)7-5-8-19(16)25-23(30)29-14-12-28(13-15-29)22-11-10-20(26-27-22)17-6-3-4-9-21(17)31-2/h3-11H,12-15H2,1-2H3,(H,25,30). The molecule has 3 aromatic rings. The Kier molecular flexibility index (Phi) is 6.23. The van der Waals surface area contributed by atoms with E-state index >= 15 is 0 Å². The number of rotatable bonds is 4. The number of aromatic nitrogens is 2. The number of halogens is 1. The fourth-order valence-corrected chi connectivity index (χ4v) is 3.74. The maximum Gasteiger partial charge on any atom is 0.321 e. The van der Waals surface area contributed by atoms with Crippen LogP contribution in [-0.2, 0) is 0 Å². The van der Waals surface area contributed by atoms with E-state index in [-0.39, 0.29) is 6.03 Å². The van der Waals surface area contributed by atoms with E-state index in [0.717, 1.165) is 34.1 Å². The van der Waals surface area contributed by atoms with Crippen molar-refractivity contribution in [3.63, 3.8) is 0 Å². The maximum absolute atomic E-state index is 12.6. The number of amides is 2. The van der Waals surface area contributed by atoms with Crippen LogP contribution in [0.3, 0.4) is 0 Å². The van der Waals surface area contributed by atoms with Gasteiger partial charge in [0.1, 0.15) is 5.75 Å². The summed E-state index contributed by atoms with van der Waals surface area (Å²) < 4.78 is 5.41. The highest BCUT2D eigenvalue weighted by molar-refractivity contribution is 6.31. The highest BCUT2D eigenvalue weighted by Gasteiger charge is 2.23. The molecule has 0 atom stereocenters. The smallest absolute Gasteiger partial charge is 0.321 e. The van der Waals surface area contributed by atoms with Crippen molar-refractivity contribution in [3.05, 3.63) is 65.2 Å². The molecule has 2 aromatic carbocycles. The fraction of sp³-hybridized carbons (Fsp3) is 0.261. The number of anilines is 2. The van der Waals surface area contributed by atoms with E-state index in [1.165, 1.54) is 0 Å². The number of methoxy groups -OCH3 is 1. The molecule has 0 spiro atoms. The predicted octanol–water partition coefficient (Wildman–Crippen LogP) is 4.47. The molecule has 1 saturated heterocycles. The lowest BCUT2D eigenvalue weighted by atomic mass is 10.1. The van der Waals surface area contributed by atoms with Gasteiger partial charge >= 0.3 is 6.03 Å². The normalized spacial score (nSPS) is 13.8. The van der Waals surface area contributed by atoms with Crippen molar-refractivity contribution >= 4 is 29.1 Å². The van der Waals surface area contributed by atoms with E-state index in [9.17, 15) is 4.79 Å². The Morgan fingerprint density at radius 2 is 1.77 bits per heavy atom. The van der Waals surface area contributed by atoms with Gasteiger partial charge in [-0.2, -0.15) is 0 Å². The number of nitrogens with zero attached hydrogens (tertiary/aromatic N) is 4. The molecule has 8 heteroatoms. The molecular formula is C23H24ClN5O2.